The van der Waals surface area contributed by atoms with E-state index in [0.29, 0.717) is 53.8 Å². The van der Waals surface area contributed by atoms with Crippen LogP contribution in [-0.2, 0) is 0 Å². The number of nitro groups is 1. The molecule has 30 heavy (non-hydrogen) atoms. The van der Waals surface area contributed by atoms with Crippen molar-refractivity contribution in [1.29, 1.82) is 0 Å². The Morgan fingerprint density at radius 1 is 1.13 bits per heavy atom. The van der Waals surface area contributed by atoms with Gasteiger partial charge in [-0.25, -0.2) is 0 Å². The molecular weight excluding hydrogens is 408 g/mol. The number of hydrogen-bond donors (Lipinski definition) is 0. The molecule has 1 aromatic heterocycles. The van der Waals surface area contributed by atoms with Crippen LogP contribution in [0, 0.1) is 17.0 Å². The summed E-state index contributed by atoms with van der Waals surface area (Å²) in [6, 6.07) is 13.7. The summed E-state index contributed by atoms with van der Waals surface area (Å²) in [6.45, 7) is 3.81. The van der Waals surface area contributed by atoms with E-state index in [1.807, 2.05) is 23.1 Å². The lowest BCUT2D eigenvalue weighted by molar-refractivity contribution is -0.384. The Morgan fingerprint density at radius 3 is 2.57 bits per heavy atom. The highest BCUT2D eigenvalue weighted by Crippen LogP contribution is 2.32. The zero-order valence-electron chi connectivity index (χ0n) is 16.2. The highest BCUT2D eigenvalue weighted by Gasteiger charge is 2.29. The fourth-order valence-corrected chi connectivity index (χ4v) is 3.82. The Balaban J connectivity index is 1.52. The number of nitrogens with zero attached hydrogens (tertiary/aromatic N) is 4. The lowest BCUT2D eigenvalue weighted by atomic mass is 10.0. The first-order valence-corrected chi connectivity index (χ1v) is 9.83. The lowest BCUT2D eigenvalue weighted by Crippen LogP contribution is -2.49. The summed E-state index contributed by atoms with van der Waals surface area (Å²) in [7, 11) is 0. The van der Waals surface area contributed by atoms with E-state index in [-0.39, 0.29) is 11.6 Å². The number of aryl methyl sites for hydroxylation is 1. The van der Waals surface area contributed by atoms with Gasteiger partial charge < -0.3 is 14.3 Å². The third kappa shape index (κ3) is 3.73. The smallest absolute Gasteiger partial charge is 0.271 e. The number of anilines is 1. The average molecular weight is 427 g/mol. The Labute approximate surface area is 177 Å². The Bertz CT molecular complexity index is 1110. The van der Waals surface area contributed by atoms with Crippen LogP contribution in [0.2, 0.25) is 5.02 Å². The van der Waals surface area contributed by atoms with Crippen LogP contribution in [0.25, 0.3) is 11.3 Å². The summed E-state index contributed by atoms with van der Waals surface area (Å²) in [5.41, 5.74) is 2.32. The Hall–Kier alpha value is -3.39. The predicted octanol–water partition coefficient (Wildman–Crippen LogP) is 4.17. The van der Waals surface area contributed by atoms with Gasteiger partial charge in [0.2, 0.25) is 0 Å². The average Bonchev–Trinajstić information content (AvgIpc) is 3.15. The van der Waals surface area contributed by atoms with E-state index < -0.39 is 4.92 Å². The van der Waals surface area contributed by atoms with Crippen LogP contribution < -0.4 is 4.90 Å². The summed E-state index contributed by atoms with van der Waals surface area (Å²) in [5.74, 6) is 0.276. The normalized spacial score (nSPS) is 14.1. The summed E-state index contributed by atoms with van der Waals surface area (Å²) < 4.78 is 5.31. The van der Waals surface area contributed by atoms with Gasteiger partial charge in [-0.2, -0.15) is 0 Å². The number of carbonyl (C=O) groups is 1. The molecule has 1 aliphatic rings. The topological polar surface area (TPSA) is 92.7 Å². The molecule has 1 fully saturated rings. The van der Waals surface area contributed by atoms with Crippen LogP contribution in [0.3, 0.4) is 0 Å². The van der Waals surface area contributed by atoms with Crippen LogP contribution in [-0.4, -0.2) is 47.1 Å². The van der Waals surface area contributed by atoms with Gasteiger partial charge in [0.05, 0.1) is 9.95 Å². The van der Waals surface area contributed by atoms with Crippen molar-refractivity contribution in [2.45, 2.75) is 6.92 Å². The number of benzene rings is 2. The summed E-state index contributed by atoms with van der Waals surface area (Å²) in [4.78, 5) is 27.6. The SMILES string of the molecule is Cc1onc(-c2ccccc2Cl)c1C(=O)N1CCN(c2cccc([N+](=O)[O-])c2)CC1. The maximum absolute atomic E-state index is 13.2. The molecule has 9 heteroatoms. The number of halogens is 1. The number of nitro benzene ring substituents is 1. The van der Waals surface area contributed by atoms with E-state index in [4.69, 9.17) is 16.1 Å². The van der Waals surface area contributed by atoms with E-state index in [1.54, 1.807) is 36.1 Å². The Morgan fingerprint density at radius 2 is 1.87 bits per heavy atom. The number of rotatable bonds is 4. The first-order valence-electron chi connectivity index (χ1n) is 9.45. The minimum Gasteiger partial charge on any atom is -0.368 e. The van der Waals surface area contributed by atoms with Crippen molar-refractivity contribution in [3.8, 4) is 11.3 Å². The van der Waals surface area contributed by atoms with Gasteiger partial charge in [0.1, 0.15) is 17.0 Å². The third-order valence-electron chi connectivity index (χ3n) is 5.18. The molecule has 0 aliphatic carbocycles. The minimum absolute atomic E-state index is 0.0514. The van der Waals surface area contributed by atoms with Crippen molar-refractivity contribution in [1.82, 2.24) is 10.1 Å². The van der Waals surface area contributed by atoms with Gasteiger partial charge in [0.25, 0.3) is 11.6 Å². The second-order valence-corrected chi connectivity index (χ2v) is 7.41. The predicted molar refractivity (Wildman–Crippen MR) is 113 cm³/mol. The maximum atomic E-state index is 13.2. The molecule has 154 valence electrons. The number of piperazine rings is 1. The highest BCUT2D eigenvalue weighted by atomic mass is 35.5. The first kappa shape index (κ1) is 19.9. The van der Waals surface area contributed by atoms with Crippen molar-refractivity contribution in [3.63, 3.8) is 0 Å². The second kappa shape index (κ2) is 8.16. The third-order valence-corrected chi connectivity index (χ3v) is 5.51. The molecular formula is C21H19ClN4O4. The quantitative estimate of drug-likeness (QED) is 0.459. The zero-order valence-corrected chi connectivity index (χ0v) is 17.0. The summed E-state index contributed by atoms with van der Waals surface area (Å²) >= 11 is 6.29. The van der Waals surface area contributed by atoms with Gasteiger partial charge in [-0.3, -0.25) is 14.9 Å². The molecule has 3 aromatic rings. The molecule has 4 rings (SSSR count). The van der Waals surface area contributed by atoms with Gasteiger partial charge in [-0.05, 0) is 19.1 Å². The van der Waals surface area contributed by atoms with E-state index in [9.17, 15) is 14.9 Å². The van der Waals surface area contributed by atoms with Gasteiger partial charge >= 0.3 is 0 Å². The highest BCUT2D eigenvalue weighted by molar-refractivity contribution is 6.33. The molecule has 0 N–H and O–H groups in total. The molecule has 2 aromatic carbocycles. The molecule has 0 spiro atoms. The molecule has 1 amide bonds. The van der Waals surface area contributed by atoms with E-state index in [2.05, 4.69) is 5.16 Å². The number of non-ortho nitro benzene ring substituents is 1. The summed E-state index contributed by atoms with van der Waals surface area (Å²) in [5, 5.41) is 15.6. The van der Waals surface area contributed by atoms with Crippen molar-refractivity contribution in [3.05, 3.63) is 75.0 Å². The van der Waals surface area contributed by atoms with Gasteiger partial charge in [-0.1, -0.05) is 41.0 Å². The molecule has 0 unspecified atom stereocenters. The molecule has 0 atom stereocenters. The van der Waals surface area contributed by atoms with Crippen molar-refractivity contribution >= 4 is 28.9 Å². The van der Waals surface area contributed by atoms with Gasteiger partial charge in [0, 0.05) is 49.6 Å². The number of aromatic nitrogens is 1. The van der Waals surface area contributed by atoms with Gasteiger partial charge in [-0.15, -0.1) is 0 Å². The van der Waals surface area contributed by atoms with Crippen molar-refractivity contribution < 1.29 is 14.2 Å². The van der Waals surface area contributed by atoms with E-state index in [0.717, 1.165) is 5.69 Å². The van der Waals surface area contributed by atoms with Crippen molar-refractivity contribution in [2.24, 2.45) is 0 Å². The molecule has 8 nitrogen and oxygen atoms in total. The molecule has 1 aliphatic heterocycles. The molecule has 1 saturated heterocycles. The van der Waals surface area contributed by atoms with Crippen LogP contribution in [0.4, 0.5) is 11.4 Å². The standard InChI is InChI=1S/C21H19ClN4O4/c1-14-19(20(23-30-14)17-7-2-3-8-18(17)22)21(27)25-11-9-24(10-12-25)15-5-4-6-16(13-15)26(28)29/h2-8,13H,9-12H2,1H3. The fraction of sp³-hybridized carbons (Fsp3) is 0.238. The first-order chi connectivity index (χ1) is 14.5. The molecule has 2 heterocycles. The molecule has 0 radical (unpaired) electrons. The van der Waals surface area contributed by atoms with Crippen LogP contribution in [0.1, 0.15) is 16.1 Å². The molecule has 0 bridgehead atoms. The van der Waals surface area contributed by atoms with Gasteiger partial charge in [0.15, 0.2) is 0 Å². The zero-order chi connectivity index (χ0) is 21.3. The number of hydrogen-bond acceptors (Lipinski definition) is 6. The van der Waals surface area contributed by atoms with Crippen LogP contribution in [0.5, 0.6) is 0 Å². The minimum atomic E-state index is -0.409. The van der Waals surface area contributed by atoms with E-state index >= 15 is 0 Å². The van der Waals surface area contributed by atoms with Crippen LogP contribution in [0.15, 0.2) is 53.1 Å². The van der Waals surface area contributed by atoms with E-state index in [1.165, 1.54) is 6.07 Å². The largest absolute Gasteiger partial charge is 0.368 e. The lowest BCUT2D eigenvalue weighted by Gasteiger charge is -2.36. The maximum Gasteiger partial charge on any atom is 0.271 e. The van der Waals surface area contributed by atoms with Crippen LogP contribution >= 0.6 is 11.6 Å². The second-order valence-electron chi connectivity index (χ2n) is 7.00. The molecule has 0 saturated carbocycles. The number of amides is 1. The van der Waals surface area contributed by atoms with Crippen molar-refractivity contribution in [2.75, 3.05) is 31.1 Å². The number of carbonyl (C=O) groups excluding carboxylic acids is 1. The Kier molecular flexibility index (Phi) is 5.41. The fourth-order valence-electron chi connectivity index (χ4n) is 3.59. The summed E-state index contributed by atoms with van der Waals surface area (Å²) in [6.07, 6.45) is 0. The monoisotopic (exact) mass is 426 g/mol.